The maximum Gasteiger partial charge on any atom is 0.149 e. The Morgan fingerprint density at radius 1 is 0.950 bits per heavy atom. The monoisotopic (exact) mass is 263 g/mol. The molecule has 1 saturated carbocycles. The van der Waals surface area contributed by atoms with Crippen molar-refractivity contribution in [2.24, 2.45) is 5.73 Å². The van der Waals surface area contributed by atoms with Crippen LogP contribution in [0.15, 0.2) is 48.5 Å². The van der Waals surface area contributed by atoms with Crippen LogP contribution < -0.4 is 5.73 Å². The van der Waals surface area contributed by atoms with Crippen molar-refractivity contribution >= 4 is 5.78 Å². The number of nitrogens with two attached hydrogens (primary N) is 1. The number of Topliss-reactive ketones (excluding diaryl/α,β-unsaturated/α-hetero) is 1. The van der Waals surface area contributed by atoms with E-state index >= 15 is 0 Å². The first-order chi connectivity index (χ1) is 9.72. The molecule has 2 aliphatic rings. The maximum atomic E-state index is 11.8. The van der Waals surface area contributed by atoms with Gasteiger partial charge in [0.25, 0.3) is 0 Å². The van der Waals surface area contributed by atoms with Crippen LogP contribution >= 0.6 is 0 Å². The molecular weight excluding hydrogens is 246 g/mol. The molecule has 0 aromatic heterocycles. The molecule has 1 fully saturated rings. The van der Waals surface area contributed by atoms with Gasteiger partial charge in [0.1, 0.15) is 5.78 Å². The lowest BCUT2D eigenvalue weighted by Crippen LogP contribution is -2.44. The normalized spacial score (nSPS) is 22.6. The zero-order valence-electron chi connectivity index (χ0n) is 11.3. The Bertz CT molecular complexity index is 659. The number of carbonyl (C=O) groups excluding carboxylic acids is 1. The Morgan fingerprint density at radius 3 is 2.05 bits per heavy atom. The Hall–Kier alpha value is -1.93. The molecule has 2 aromatic rings. The van der Waals surface area contributed by atoms with Crippen LogP contribution in [0.2, 0.25) is 0 Å². The Kier molecular flexibility index (Phi) is 2.39. The van der Waals surface area contributed by atoms with Gasteiger partial charge in [-0.25, -0.2) is 0 Å². The lowest BCUT2D eigenvalue weighted by Gasteiger charge is -2.38. The van der Waals surface area contributed by atoms with Gasteiger partial charge < -0.3 is 5.73 Å². The molecule has 0 bridgehead atoms. The van der Waals surface area contributed by atoms with E-state index in [0.29, 0.717) is 6.42 Å². The number of benzene rings is 2. The number of hydrogen-bond acceptors (Lipinski definition) is 2. The van der Waals surface area contributed by atoms with Crippen molar-refractivity contribution in [1.82, 2.24) is 0 Å². The van der Waals surface area contributed by atoms with E-state index in [1.54, 1.807) is 0 Å². The molecule has 1 spiro atoms. The molecule has 2 N–H and O–H groups in total. The molecule has 1 atom stereocenters. The van der Waals surface area contributed by atoms with Crippen molar-refractivity contribution in [3.63, 3.8) is 0 Å². The number of rotatable bonds is 0. The van der Waals surface area contributed by atoms with Crippen molar-refractivity contribution in [2.45, 2.75) is 30.7 Å². The topological polar surface area (TPSA) is 43.1 Å². The van der Waals surface area contributed by atoms with E-state index in [9.17, 15) is 4.79 Å². The van der Waals surface area contributed by atoms with Crippen molar-refractivity contribution < 1.29 is 4.79 Å². The summed E-state index contributed by atoms with van der Waals surface area (Å²) in [6.07, 6.45) is 2.21. The first-order valence-electron chi connectivity index (χ1n) is 7.20. The van der Waals surface area contributed by atoms with Gasteiger partial charge >= 0.3 is 0 Å². The standard InChI is InChI=1S/C18H17NO/c19-16-11-18(10-9-17(16)20)14-7-3-1-5-12(14)13-6-2-4-8-15(13)18/h1-8,16H,9-11,19H2. The zero-order valence-corrected chi connectivity index (χ0v) is 11.3. The first kappa shape index (κ1) is 11.9. The average Bonchev–Trinajstić information content (AvgIpc) is 2.75. The van der Waals surface area contributed by atoms with Crippen LogP contribution in [0.25, 0.3) is 11.1 Å². The first-order valence-corrected chi connectivity index (χ1v) is 7.20. The Balaban J connectivity index is 1.98. The fourth-order valence-electron chi connectivity index (χ4n) is 4.02. The lowest BCUT2D eigenvalue weighted by atomic mass is 9.66. The molecule has 2 aliphatic carbocycles. The molecule has 20 heavy (non-hydrogen) atoms. The highest BCUT2D eigenvalue weighted by molar-refractivity contribution is 5.88. The van der Waals surface area contributed by atoms with E-state index in [2.05, 4.69) is 48.5 Å². The second-order valence-electron chi connectivity index (χ2n) is 5.95. The van der Waals surface area contributed by atoms with Crippen molar-refractivity contribution in [3.8, 4) is 11.1 Å². The van der Waals surface area contributed by atoms with Crippen molar-refractivity contribution in [1.29, 1.82) is 0 Å². The SMILES string of the molecule is NC1CC2(CCC1=O)c1ccccc1-c1ccccc12. The largest absolute Gasteiger partial charge is 0.321 e. The van der Waals surface area contributed by atoms with Gasteiger partial charge in [-0.3, -0.25) is 4.79 Å². The molecular formula is C18H17NO. The predicted molar refractivity (Wildman–Crippen MR) is 79.5 cm³/mol. The second-order valence-corrected chi connectivity index (χ2v) is 5.95. The molecule has 2 heteroatoms. The van der Waals surface area contributed by atoms with Gasteiger partial charge in [-0.2, -0.15) is 0 Å². The number of fused-ring (bicyclic) bond motifs is 5. The van der Waals surface area contributed by atoms with E-state index in [4.69, 9.17) is 5.73 Å². The van der Waals surface area contributed by atoms with Gasteiger partial charge in [0.05, 0.1) is 6.04 Å². The maximum absolute atomic E-state index is 11.8. The molecule has 4 rings (SSSR count). The Labute approximate surface area is 118 Å². The van der Waals surface area contributed by atoms with Gasteiger partial charge in [0.15, 0.2) is 0 Å². The van der Waals surface area contributed by atoms with Crippen LogP contribution in [-0.4, -0.2) is 11.8 Å². The van der Waals surface area contributed by atoms with Gasteiger partial charge in [0, 0.05) is 11.8 Å². The smallest absolute Gasteiger partial charge is 0.149 e. The van der Waals surface area contributed by atoms with Crippen LogP contribution in [0.5, 0.6) is 0 Å². The summed E-state index contributed by atoms with van der Waals surface area (Å²) in [5.74, 6) is 0.206. The zero-order chi connectivity index (χ0) is 13.7. The molecule has 0 amide bonds. The van der Waals surface area contributed by atoms with Gasteiger partial charge in [0.2, 0.25) is 0 Å². The van der Waals surface area contributed by atoms with E-state index in [-0.39, 0.29) is 17.2 Å². The molecule has 0 aliphatic heterocycles. The average molecular weight is 263 g/mol. The second kappa shape index (κ2) is 4.03. The minimum absolute atomic E-state index is 0.0550. The summed E-state index contributed by atoms with van der Waals surface area (Å²) in [5, 5.41) is 0. The summed E-state index contributed by atoms with van der Waals surface area (Å²) in [6, 6.07) is 16.8. The third-order valence-electron chi connectivity index (χ3n) is 4.96. The van der Waals surface area contributed by atoms with Crippen LogP contribution in [0, 0.1) is 0 Å². The highest BCUT2D eigenvalue weighted by Gasteiger charge is 2.47. The van der Waals surface area contributed by atoms with Crippen LogP contribution in [0.3, 0.4) is 0 Å². The minimum atomic E-state index is -0.331. The van der Waals surface area contributed by atoms with Gasteiger partial charge in [-0.05, 0) is 35.1 Å². The summed E-state index contributed by atoms with van der Waals surface area (Å²) in [7, 11) is 0. The van der Waals surface area contributed by atoms with E-state index in [1.165, 1.54) is 22.3 Å². The van der Waals surface area contributed by atoms with E-state index in [1.807, 2.05) is 0 Å². The summed E-state index contributed by atoms with van der Waals surface area (Å²) in [6.45, 7) is 0. The predicted octanol–water partition coefficient (Wildman–Crippen LogP) is 3.03. The molecule has 0 heterocycles. The molecule has 0 saturated heterocycles. The van der Waals surface area contributed by atoms with Crippen LogP contribution in [0.1, 0.15) is 30.4 Å². The molecule has 2 nitrogen and oxygen atoms in total. The van der Waals surface area contributed by atoms with Crippen LogP contribution in [-0.2, 0) is 10.2 Å². The number of hydrogen-bond donors (Lipinski definition) is 1. The highest BCUT2D eigenvalue weighted by Crippen LogP contribution is 2.54. The molecule has 2 aromatic carbocycles. The van der Waals surface area contributed by atoms with Gasteiger partial charge in [-0.1, -0.05) is 48.5 Å². The highest BCUT2D eigenvalue weighted by atomic mass is 16.1. The van der Waals surface area contributed by atoms with E-state index < -0.39 is 0 Å². The van der Waals surface area contributed by atoms with Crippen LogP contribution in [0.4, 0.5) is 0 Å². The third kappa shape index (κ3) is 1.40. The van der Waals surface area contributed by atoms with Crippen molar-refractivity contribution in [3.05, 3.63) is 59.7 Å². The quantitative estimate of drug-likeness (QED) is 0.794. The lowest BCUT2D eigenvalue weighted by molar-refractivity contribution is -0.122. The summed E-state index contributed by atoms with van der Waals surface area (Å²) >= 11 is 0. The van der Waals surface area contributed by atoms with Gasteiger partial charge in [-0.15, -0.1) is 0 Å². The van der Waals surface area contributed by atoms with E-state index in [0.717, 1.165) is 12.8 Å². The summed E-state index contributed by atoms with van der Waals surface area (Å²) in [4.78, 5) is 11.8. The molecule has 0 radical (unpaired) electrons. The number of ketones is 1. The summed E-state index contributed by atoms with van der Waals surface area (Å²) < 4.78 is 0. The Morgan fingerprint density at radius 2 is 1.50 bits per heavy atom. The minimum Gasteiger partial charge on any atom is -0.321 e. The molecule has 100 valence electrons. The molecule has 1 unspecified atom stereocenters. The fourth-order valence-corrected chi connectivity index (χ4v) is 4.02. The third-order valence-corrected chi connectivity index (χ3v) is 4.96. The fraction of sp³-hybridized carbons (Fsp3) is 0.278. The summed E-state index contributed by atoms with van der Waals surface area (Å²) in [5.41, 5.74) is 11.4. The number of carbonyl (C=O) groups is 1. The van der Waals surface area contributed by atoms with Crippen molar-refractivity contribution in [2.75, 3.05) is 0 Å².